The topological polar surface area (TPSA) is 9.86 Å². The standard InChI is InChI=1S/C42H33BN2/c1-5-17-30(18-6-1)43(31-19-7-2-8-20-31)42-40-34-25-13-15-27-36(34)44(32-21-9-3-10-22-32)38(40)29-39-41(42)35-26-14-16-28-37(35)45(39)33-23-11-4-12-24-33/h1-7,9-15,17-19,21-27,29H,8,16,20,28H2. The van der Waals surface area contributed by atoms with Crippen LogP contribution in [0.25, 0.3) is 50.2 Å². The van der Waals surface area contributed by atoms with E-state index in [0.717, 1.165) is 25.7 Å². The van der Waals surface area contributed by atoms with Crippen LogP contribution in [0.2, 0.25) is 0 Å². The quantitative estimate of drug-likeness (QED) is 0.181. The highest BCUT2D eigenvalue weighted by atomic mass is 15.0. The molecular weight excluding hydrogens is 543 g/mol. The lowest BCUT2D eigenvalue weighted by molar-refractivity contribution is 0.888. The van der Waals surface area contributed by atoms with Gasteiger partial charge in [-0.1, -0.05) is 126 Å². The van der Waals surface area contributed by atoms with E-state index in [1.54, 1.807) is 0 Å². The molecule has 3 heteroatoms. The van der Waals surface area contributed by atoms with Crippen molar-refractivity contribution in [3.8, 4) is 11.4 Å². The number of para-hydroxylation sites is 3. The van der Waals surface area contributed by atoms with Crippen LogP contribution in [-0.2, 0) is 6.42 Å². The van der Waals surface area contributed by atoms with Crippen LogP contribution in [0.1, 0.15) is 30.5 Å². The maximum Gasteiger partial charge on any atom is 0.238 e. The highest BCUT2D eigenvalue weighted by Gasteiger charge is 2.33. The van der Waals surface area contributed by atoms with E-state index in [9.17, 15) is 0 Å². The first kappa shape index (κ1) is 26.2. The fourth-order valence-corrected chi connectivity index (χ4v) is 7.95. The zero-order valence-corrected chi connectivity index (χ0v) is 25.2. The van der Waals surface area contributed by atoms with Crippen LogP contribution in [0.3, 0.4) is 0 Å². The molecule has 0 aliphatic heterocycles. The first-order chi connectivity index (χ1) is 22.4. The number of fused-ring (bicyclic) bond motifs is 6. The number of rotatable bonds is 5. The van der Waals surface area contributed by atoms with E-state index >= 15 is 0 Å². The second kappa shape index (κ2) is 10.7. The van der Waals surface area contributed by atoms with Gasteiger partial charge in [0.2, 0.25) is 6.71 Å². The molecule has 0 spiro atoms. The van der Waals surface area contributed by atoms with E-state index in [1.807, 2.05) is 0 Å². The van der Waals surface area contributed by atoms with Crippen molar-refractivity contribution >= 4 is 56.4 Å². The minimum absolute atomic E-state index is 0.128. The van der Waals surface area contributed by atoms with Crippen molar-refractivity contribution in [3.63, 3.8) is 0 Å². The molecule has 2 aliphatic carbocycles. The monoisotopic (exact) mass is 576 g/mol. The molecule has 2 nitrogen and oxygen atoms in total. The highest BCUT2D eigenvalue weighted by Crippen LogP contribution is 2.40. The van der Waals surface area contributed by atoms with Gasteiger partial charge in [-0.25, -0.2) is 0 Å². The summed E-state index contributed by atoms with van der Waals surface area (Å²) in [6, 6.07) is 44.6. The molecule has 2 heterocycles. The van der Waals surface area contributed by atoms with E-state index in [4.69, 9.17) is 0 Å². The Balaban J connectivity index is 1.54. The second-order valence-electron chi connectivity index (χ2n) is 12.3. The molecule has 0 saturated carbocycles. The number of allylic oxidation sites excluding steroid dienone is 5. The first-order valence-corrected chi connectivity index (χ1v) is 16.2. The largest absolute Gasteiger partial charge is 0.313 e. The van der Waals surface area contributed by atoms with E-state index in [0.29, 0.717) is 0 Å². The van der Waals surface area contributed by atoms with Crippen molar-refractivity contribution in [1.82, 2.24) is 9.13 Å². The molecule has 2 aromatic heterocycles. The summed E-state index contributed by atoms with van der Waals surface area (Å²) in [5.41, 5.74) is 13.2. The summed E-state index contributed by atoms with van der Waals surface area (Å²) in [5, 5.41) is 4.05. The lowest BCUT2D eigenvalue weighted by Crippen LogP contribution is -2.45. The molecule has 0 atom stereocenters. The lowest BCUT2D eigenvalue weighted by atomic mass is 9.34. The molecule has 9 rings (SSSR count). The highest BCUT2D eigenvalue weighted by molar-refractivity contribution is 6.94. The Bertz CT molecular complexity index is 2300. The van der Waals surface area contributed by atoms with Crippen LogP contribution in [0.4, 0.5) is 0 Å². The van der Waals surface area contributed by atoms with E-state index in [2.05, 4.69) is 161 Å². The van der Waals surface area contributed by atoms with Gasteiger partial charge in [0, 0.05) is 38.8 Å². The van der Waals surface area contributed by atoms with Gasteiger partial charge >= 0.3 is 0 Å². The minimum atomic E-state index is 0.128. The van der Waals surface area contributed by atoms with E-state index < -0.39 is 0 Å². The molecule has 0 radical (unpaired) electrons. The van der Waals surface area contributed by atoms with Crippen molar-refractivity contribution in [2.45, 2.75) is 25.7 Å². The predicted octanol–water partition coefficient (Wildman–Crippen LogP) is 9.11. The average Bonchev–Trinajstić information content (AvgIpc) is 3.62. The Hall–Kier alpha value is -5.28. The molecule has 7 aromatic rings. The van der Waals surface area contributed by atoms with Crippen LogP contribution in [0, 0.1) is 0 Å². The summed E-state index contributed by atoms with van der Waals surface area (Å²) in [5.74, 6) is 0. The molecule has 0 unspecified atom stereocenters. The van der Waals surface area contributed by atoms with Gasteiger partial charge in [-0.3, -0.25) is 0 Å². The smallest absolute Gasteiger partial charge is 0.238 e. The normalized spacial score (nSPS) is 14.3. The fraction of sp³-hybridized carbons (Fsp3) is 0.0952. The van der Waals surface area contributed by atoms with Crippen molar-refractivity contribution in [2.75, 3.05) is 0 Å². The molecule has 0 fully saturated rings. The fourth-order valence-electron chi connectivity index (χ4n) is 7.95. The number of hydrogen-bond donors (Lipinski definition) is 0. The van der Waals surface area contributed by atoms with Crippen LogP contribution in [0.5, 0.6) is 0 Å². The zero-order valence-electron chi connectivity index (χ0n) is 25.2. The third kappa shape index (κ3) is 4.11. The summed E-state index contributed by atoms with van der Waals surface area (Å²) >= 11 is 0. The predicted molar refractivity (Wildman–Crippen MR) is 193 cm³/mol. The Morgan fingerprint density at radius 1 is 0.556 bits per heavy atom. The first-order valence-electron chi connectivity index (χ1n) is 16.2. The number of benzene rings is 5. The summed E-state index contributed by atoms with van der Waals surface area (Å²) < 4.78 is 5.04. The SMILES string of the molecule is C1=CCCC(B(c2ccccc2)c2c3c4c(n(-c5ccccc5)c3cc3c2c2ccccc2n3-c2ccccc2)CCC=C4)=C1. The van der Waals surface area contributed by atoms with Gasteiger partial charge in [-0.15, -0.1) is 0 Å². The number of nitrogens with zero attached hydrogens (tertiary/aromatic N) is 2. The van der Waals surface area contributed by atoms with Crippen molar-refractivity contribution in [1.29, 1.82) is 0 Å². The Morgan fingerprint density at radius 2 is 1.20 bits per heavy atom. The summed E-state index contributed by atoms with van der Waals surface area (Å²) in [6.45, 7) is 0.128. The average molecular weight is 577 g/mol. The minimum Gasteiger partial charge on any atom is -0.313 e. The molecule has 5 aromatic carbocycles. The third-order valence-electron chi connectivity index (χ3n) is 9.77. The van der Waals surface area contributed by atoms with Gasteiger partial charge in [0.05, 0.1) is 16.6 Å². The van der Waals surface area contributed by atoms with Gasteiger partial charge in [0.1, 0.15) is 0 Å². The summed E-state index contributed by atoms with van der Waals surface area (Å²) in [4.78, 5) is 0. The third-order valence-corrected chi connectivity index (χ3v) is 9.77. The molecule has 2 aliphatic rings. The Labute approximate surface area is 264 Å². The maximum absolute atomic E-state index is 2.56. The molecule has 214 valence electrons. The van der Waals surface area contributed by atoms with Gasteiger partial charge in [-0.05, 0) is 67.5 Å². The van der Waals surface area contributed by atoms with Crippen molar-refractivity contribution < 1.29 is 0 Å². The maximum atomic E-state index is 2.56. The van der Waals surface area contributed by atoms with E-state index in [-0.39, 0.29) is 6.71 Å². The molecular formula is C42H33BN2. The van der Waals surface area contributed by atoms with E-state index in [1.165, 1.54) is 71.7 Å². The lowest BCUT2D eigenvalue weighted by Gasteiger charge is -2.23. The van der Waals surface area contributed by atoms with Crippen LogP contribution >= 0.6 is 0 Å². The van der Waals surface area contributed by atoms with Crippen LogP contribution < -0.4 is 10.9 Å². The van der Waals surface area contributed by atoms with Crippen LogP contribution in [-0.4, -0.2) is 15.8 Å². The Kier molecular flexibility index (Phi) is 6.23. The Morgan fingerprint density at radius 3 is 1.93 bits per heavy atom. The second-order valence-corrected chi connectivity index (χ2v) is 12.3. The number of hydrogen-bond acceptors (Lipinski definition) is 0. The molecule has 45 heavy (non-hydrogen) atoms. The molecule has 0 bridgehead atoms. The molecule has 0 saturated heterocycles. The van der Waals surface area contributed by atoms with Gasteiger partial charge in [0.15, 0.2) is 0 Å². The molecule has 0 N–H and O–H groups in total. The van der Waals surface area contributed by atoms with Gasteiger partial charge < -0.3 is 9.13 Å². The molecule has 0 amide bonds. The summed E-state index contributed by atoms with van der Waals surface area (Å²) in [6.07, 6.45) is 16.0. The van der Waals surface area contributed by atoms with Crippen molar-refractivity contribution in [3.05, 3.63) is 162 Å². The zero-order chi connectivity index (χ0) is 29.7. The van der Waals surface area contributed by atoms with Crippen molar-refractivity contribution in [2.24, 2.45) is 0 Å². The number of aromatic nitrogens is 2. The summed E-state index contributed by atoms with van der Waals surface area (Å²) in [7, 11) is 0. The van der Waals surface area contributed by atoms with Crippen LogP contribution in [0.15, 0.2) is 151 Å². The van der Waals surface area contributed by atoms with Gasteiger partial charge in [-0.2, -0.15) is 0 Å². The van der Waals surface area contributed by atoms with Gasteiger partial charge in [0.25, 0.3) is 0 Å².